The van der Waals surface area contributed by atoms with E-state index in [-0.39, 0.29) is 24.7 Å². The van der Waals surface area contributed by atoms with Crippen LogP contribution < -0.4 is 5.32 Å². The topological polar surface area (TPSA) is 104 Å². The van der Waals surface area contributed by atoms with E-state index in [1.807, 2.05) is 91.9 Å². The first-order chi connectivity index (χ1) is 17.7. The molecule has 0 bridgehead atoms. The summed E-state index contributed by atoms with van der Waals surface area (Å²) < 4.78 is 13.2. The van der Waals surface area contributed by atoms with E-state index in [9.17, 15) is 24.2 Å². The monoisotopic (exact) mass is 521 g/mol. The molecule has 3 unspecified atom stereocenters. The van der Waals surface area contributed by atoms with Crippen LogP contribution in [-0.4, -0.2) is 40.2 Å². The Hall–Kier alpha value is -3.21. The lowest BCUT2D eigenvalue weighted by atomic mass is 9.95. The fraction of sp³-hybridized carbons (Fsp3) is 0.333. The molecule has 37 heavy (non-hydrogen) atoms. The molecule has 0 aromatic heterocycles. The normalized spacial score (nSPS) is 15.2. The number of benzene rings is 3. The van der Waals surface area contributed by atoms with Gasteiger partial charge >= 0.3 is 5.97 Å². The zero-order chi connectivity index (χ0) is 26.8. The molecule has 0 saturated heterocycles. The minimum absolute atomic E-state index is 0.0570. The van der Waals surface area contributed by atoms with E-state index in [0.29, 0.717) is 12.8 Å². The lowest BCUT2D eigenvalue weighted by Crippen LogP contribution is -2.48. The summed E-state index contributed by atoms with van der Waals surface area (Å²) in [5.74, 6) is -2.72. The molecule has 0 spiro atoms. The summed E-state index contributed by atoms with van der Waals surface area (Å²) in [6, 6.07) is 26.1. The predicted molar refractivity (Wildman–Crippen MR) is 148 cm³/mol. The number of carboxylic acids is 1. The van der Waals surface area contributed by atoms with E-state index in [4.69, 9.17) is 0 Å². The van der Waals surface area contributed by atoms with Crippen LogP contribution in [-0.2, 0) is 27.0 Å². The van der Waals surface area contributed by atoms with Crippen molar-refractivity contribution < 1.29 is 24.2 Å². The summed E-state index contributed by atoms with van der Waals surface area (Å²) in [5, 5.41) is 12.3. The van der Waals surface area contributed by atoms with Gasteiger partial charge in [-0.25, -0.2) is 4.79 Å². The summed E-state index contributed by atoms with van der Waals surface area (Å²) in [6.07, 6.45) is 1.10. The molecule has 3 N–H and O–H groups in total. The van der Waals surface area contributed by atoms with Gasteiger partial charge in [-0.2, -0.15) is 0 Å². The Kier molecular flexibility index (Phi) is 10.2. The molecule has 0 fully saturated rings. The average Bonchev–Trinajstić information content (AvgIpc) is 2.91. The van der Waals surface area contributed by atoms with Gasteiger partial charge in [0.05, 0.1) is 5.92 Å². The second-order valence-corrected chi connectivity index (χ2v) is 12.2. The van der Waals surface area contributed by atoms with Crippen LogP contribution in [0.3, 0.4) is 0 Å². The Morgan fingerprint density at radius 3 is 2.00 bits per heavy atom. The molecular formula is C30H36NO5P. The number of hydrogen-bond acceptors (Lipinski definition) is 3. The highest BCUT2D eigenvalue weighted by Gasteiger charge is 2.33. The number of nitrogens with one attached hydrogen (secondary N) is 1. The van der Waals surface area contributed by atoms with Crippen LogP contribution in [0, 0.1) is 11.8 Å². The van der Waals surface area contributed by atoms with Gasteiger partial charge in [0.15, 0.2) is 0 Å². The van der Waals surface area contributed by atoms with E-state index in [2.05, 4.69) is 5.32 Å². The van der Waals surface area contributed by atoms with Gasteiger partial charge in [-0.1, -0.05) is 105 Å². The van der Waals surface area contributed by atoms with E-state index >= 15 is 0 Å². The SMILES string of the molecule is CCC(C)C(NC(=O)[C@H](Cc1ccc(-c2ccccc2)cc1)CP(=O)(O)CCc1ccccc1)C(=O)O. The minimum Gasteiger partial charge on any atom is -0.480 e. The molecule has 0 radical (unpaired) electrons. The smallest absolute Gasteiger partial charge is 0.326 e. The third-order valence-electron chi connectivity index (χ3n) is 6.79. The second kappa shape index (κ2) is 13.4. The van der Waals surface area contributed by atoms with Crippen molar-refractivity contribution in [2.45, 2.75) is 39.2 Å². The maximum atomic E-state index is 13.3. The van der Waals surface area contributed by atoms with Gasteiger partial charge in [0.2, 0.25) is 13.3 Å². The van der Waals surface area contributed by atoms with Crippen molar-refractivity contribution in [1.82, 2.24) is 5.32 Å². The van der Waals surface area contributed by atoms with Gasteiger partial charge < -0.3 is 15.3 Å². The number of amides is 1. The highest BCUT2D eigenvalue weighted by molar-refractivity contribution is 7.58. The first-order valence-corrected chi connectivity index (χ1v) is 14.7. The molecule has 3 aromatic rings. The van der Waals surface area contributed by atoms with Gasteiger partial charge in [-0.05, 0) is 41.0 Å². The number of hydrogen-bond donors (Lipinski definition) is 3. The van der Waals surface area contributed by atoms with E-state index < -0.39 is 31.2 Å². The fourth-order valence-electron chi connectivity index (χ4n) is 4.33. The maximum absolute atomic E-state index is 13.3. The Morgan fingerprint density at radius 1 is 0.865 bits per heavy atom. The lowest BCUT2D eigenvalue weighted by Gasteiger charge is -2.25. The molecule has 0 aliphatic carbocycles. The maximum Gasteiger partial charge on any atom is 0.326 e. The van der Waals surface area contributed by atoms with Crippen LogP contribution in [0.15, 0.2) is 84.9 Å². The first kappa shape index (κ1) is 28.4. The Labute approximate surface area is 219 Å². The zero-order valence-corrected chi connectivity index (χ0v) is 22.3. The molecule has 0 heterocycles. The summed E-state index contributed by atoms with van der Waals surface area (Å²) in [7, 11) is -3.67. The Morgan fingerprint density at radius 2 is 1.43 bits per heavy atom. The Bertz CT molecular complexity index is 1200. The van der Waals surface area contributed by atoms with Crippen molar-refractivity contribution in [3.05, 3.63) is 96.1 Å². The first-order valence-electron chi connectivity index (χ1n) is 12.7. The molecule has 4 atom stereocenters. The summed E-state index contributed by atoms with van der Waals surface area (Å²) in [6.45, 7) is 3.64. The molecule has 3 aromatic carbocycles. The number of carbonyl (C=O) groups excluding carboxylic acids is 1. The van der Waals surface area contributed by atoms with Crippen LogP contribution in [0.5, 0.6) is 0 Å². The minimum atomic E-state index is -3.67. The molecule has 3 rings (SSSR count). The van der Waals surface area contributed by atoms with Crippen LogP contribution in [0.1, 0.15) is 31.4 Å². The van der Waals surface area contributed by atoms with Gasteiger partial charge in [-0.3, -0.25) is 9.36 Å². The van der Waals surface area contributed by atoms with Crippen molar-refractivity contribution in [2.75, 3.05) is 12.3 Å². The molecule has 196 valence electrons. The third-order valence-corrected chi connectivity index (χ3v) is 8.72. The molecular weight excluding hydrogens is 485 g/mol. The van der Waals surface area contributed by atoms with Crippen molar-refractivity contribution in [2.24, 2.45) is 11.8 Å². The van der Waals surface area contributed by atoms with Crippen molar-refractivity contribution in [3.63, 3.8) is 0 Å². The zero-order valence-electron chi connectivity index (χ0n) is 21.4. The Balaban J connectivity index is 1.79. The summed E-state index contributed by atoms with van der Waals surface area (Å²) >= 11 is 0. The average molecular weight is 522 g/mol. The number of carboxylic acid groups (broad SMARTS) is 1. The van der Waals surface area contributed by atoms with Gasteiger partial charge in [0.25, 0.3) is 0 Å². The molecule has 0 aliphatic rings. The second-order valence-electron chi connectivity index (χ2n) is 9.66. The highest BCUT2D eigenvalue weighted by Crippen LogP contribution is 2.43. The van der Waals surface area contributed by atoms with Crippen LogP contribution in [0.4, 0.5) is 0 Å². The number of carbonyl (C=O) groups is 2. The van der Waals surface area contributed by atoms with Crippen LogP contribution in [0.25, 0.3) is 11.1 Å². The number of aryl methyl sites for hydroxylation is 1. The van der Waals surface area contributed by atoms with Crippen molar-refractivity contribution >= 4 is 19.2 Å². The van der Waals surface area contributed by atoms with E-state index in [0.717, 1.165) is 22.3 Å². The lowest BCUT2D eigenvalue weighted by molar-refractivity contribution is -0.143. The third kappa shape index (κ3) is 8.70. The summed E-state index contributed by atoms with van der Waals surface area (Å²) in [5.41, 5.74) is 3.90. The number of rotatable bonds is 13. The molecule has 0 aliphatic heterocycles. The fourth-order valence-corrected chi connectivity index (χ4v) is 6.10. The van der Waals surface area contributed by atoms with Crippen molar-refractivity contribution in [1.29, 1.82) is 0 Å². The van der Waals surface area contributed by atoms with Gasteiger partial charge in [0.1, 0.15) is 6.04 Å². The highest BCUT2D eigenvalue weighted by atomic mass is 31.2. The van der Waals surface area contributed by atoms with Gasteiger partial charge in [0, 0.05) is 12.3 Å². The number of aliphatic carboxylic acids is 1. The van der Waals surface area contributed by atoms with Crippen molar-refractivity contribution in [3.8, 4) is 11.1 Å². The summed E-state index contributed by atoms with van der Waals surface area (Å²) in [4.78, 5) is 36.0. The molecule has 6 nitrogen and oxygen atoms in total. The quantitative estimate of drug-likeness (QED) is 0.253. The van der Waals surface area contributed by atoms with Crippen LogP contribution in [0.2, 0.25) is 0 Å². The van der Waals surface area contributed by atoms with E-state index in [1.54, 1.807) is 6.92 Å². The molecule has 1 amide bonds. The molecule has 0 saturated carbocycles. The van der Waals surface area contributed by atoms with Gasteiger partial charge in [-0.15, -0.1) is 0 Å². The van der Waals surface area contributed by atoms with E-state index in [1.165, 1.54) is 0 Å². The largest absolute Gasteiger partial charge is 0.480 e. The standard InChI is InChI=1S/C30H36NO5P/c1-3-22(2)28(30(33)34)31-29(32)27(21-37(35,36)19-18-23-10-6-4-7-11-23)20-24-14-16-26(17-15-24)25-12-8-5-9-13-25/h4-17,22,27-28H,3,18-21H2,1-2H3,(H,31,32)(H,33,34)(H,35,36)/t22?,27-,28?/m1/s1. The predicted octanol–water partition coefficient (Wildman–Crippen LogP) is 5.64. The van der Waals surface area contributed by atoms with Crippen LogP contribution >= 0.6 is 7.37 Å². The molecule has 7 heteroatoms.